The smallest absolute Gasteiger partial charge is 0.237 e. The first-order chi connectivity index (χ1) is 14.1. The molecule has 8 heteroatoms. The molecular formula is C21H22N6O2. The summed E-state index contributed by atoms with van der Waals surface area (Å²) < 4.78 is 0. The van der Waals surface area contributed by atoms with E-state index < -0.39 is 5.91 Å². The zero-order valence-corrected chi connectivity index (χ0v) is 15.9. The highest BCUT2D eigenvalue weighted by Gasteiger charge is 2.27. The molecule has 0 bridgehead atoms. The predicted octanol–water partition coefficient (Wildman–Crippen LogP) is 2.15. The Hall–Kier alpha value is -3.55. The lowest BCUT2D eigenvalue weighted by molar-refractivity contribution is -0.136. The van der Waals surface area contributed by atoms with E-state index in [0.29, 0.717) is 24.7 Å². The summed E-state index contributed by atoms with van der Waals surface area (Å²) in [6.07, 6.45) is 2.67. The normalized spacial score (nSPS) is 13.2. The van der Waals surface area contributed by atoms with Gasteiger partial charge in [0.1, 0.15) is 0 Å². The molecule has 3 N–H and O–H groups in total. The van der Waals surface area contributed by atoms with Gasteiger partial charge in [-0.2, -0.15) is 0 Å². The fourth-order valence-corrected chi connectivity index (χ4v) is 3.34. The maximum atomic E-state index is 12.5. The van der Waals surface area contributed by atoms with E-state index in [9.17, 15) is 9.59 Å². The number of carbonyl (C=O) groups is 2. The summed E-state index contributed by atoms with van der Waals surface area (Å²) in [5, 5.41) is 14.1. The standard InChI is InChI=1S/C21H22N6O2/c22-19(28)13-27(20(29)11-14-5-6-14)12-15-7-9-16(10-8-15)17-3-1-2-4-18(17)21-23-25-26-24-21/h1-4,7-10,14H,5-6,11-13H2,(H2,22,28)(H,23,24,25,26). The van der Waals surface area contributed by atoms with E-state index in [-0.39, 0.29) is 12.5 Å². The van der Waals surface area contributed by atoms with Crippen LogP contribution in [0.4, 0.5) is 0 Å². The van der Waals surface area contributed by atoms with Crippen LogP contribution in [0.2, 0.25) is 0 Å². The lowest BCUT2D eigenvalue weighted by Crippen LogP contribution is -2.38. The molecular weight excluding hydrogens is 368 g/mol. The molecule has 8 nitrogen and oxygen atoms in total. The Morgan fingerprint density at radius 3 is 2.41 bits per heavy atom. The van der Waals surface area contributed by atoms with Crippen LogP contribution in [0.5, 0.6) is 0 Å². The second-order valence-electron chi connectivity index (χ2n) is 7.36. The van der Waals surface area contributed by atoms with Gasteiger partial charge in [0.25, 0.3) is 0 Å². The van der Waals surface area contributed by atoms with E-state index in [0.717, 1.165) is 35.1 Å². The Bertz CT molecular complexity index is 996. The van der Waals surface area contributed by atoms with E-state index in [1.165, 1.54) is 0 Å². The molecule has 1 heterocycles. The largest absolute Gasteiger partial charge is 0.368 e. The number of tetrazole rings is 1. The van der Waals surface area contributed by atoms with Crippen molar-refractivity contribution in [1.82, 2.24) is 25.5 Å². The Balaban J connectivity index is 1.53. The molecule has 2 amide bonds. The van der Waals surface area contributed by atoms with E-state index in [1.54, 1.807) is 4.90 Å². The Morgan fingerprint density at radius 1 is 1.07 bits per heavy atom. The second-order valence-corrected chi connectivity index (χ2v) is 7.36. The van der Waals surface area contributed by atoms with Gasteiger partial charge in [0.2, 0.25) is 11.8 Å². The van der Waals surface area contributed by atoms with Crippen molar-refractivity contribution < 1.29 is 9.59 Å². The van der Waals surface area contributed by atoms with Gasteiger partial charge >= 0.3 is 0 Å². The molecule has 0 spiro atoms. The highest BCUT2D eigenvalue weighted by Crippen LogP contribution is 2.33. The number of aromatic amines is 1. The van der Waals surface area contributed by atoms with E-state index in [4.69, 9.17) is 5.73 Å². The van der Waals surface area contributed by atoms with Crippen LogP contribution in [-0.2, 0) is 16.1 Å². The fraction of sp³-hybridized carbons (Fsp3) is 0.286. The van der Waals surface area contributed by atoms with Gasteiger partial charge in [0.05, 0.1) is 6.54 Å². The van der Waals surface area contributed by atoms with Gasteiger partial charge in [-0.1, -0.05) is 48.5 Å². The SMILES string of the molecule is NC(=O)CN(Cc1ccc(-c2ccccc2-c2nnn[nH]2)cc1)C(=O)CC1CC1. The van der Waals surface area contributed by atoms with Crippen molar-refractivity contribution in [2.45, 2.75) is 25.8 Å². The van der Waals surface area contributed by atoms with Gasteiger partial charge in [-0.25, -0.2) is 5.10 Å². The number of carbonyl (C=O) groups excluding carboxylic acids is 2. The fourth-order valence-electron chi connectivity index (χ4n) is 3.34. The number of primary amides is 1. The number of hydrogen-bond acceptors (Lipinski definition) is 5. The Labute approximate surface area is 168 Å². The highest BCUT2D eigenvalue weighted by atomic mass is 16.2. The number of amides is 2. The summed E-state index contributed by atoms with van der Waals surface area (Å²) in [7, 11) is 0. The molecule has 0 unspecified atom stereocenters. The summed E-state index contributed by atoms with van der Waals surface area (Å²) >= 11 is 0. The molecule has 0 aliphatic heterocycles. The lowest BCUT2D eigenvalue weighted by atomic mass is 9.98. The van der Waals surface area contributed by atoms with Crippen molar-refractivity contribution in [3.05, 3.63) is 54.1 Å². The van der Waals surface area contributed by atoms with Crippen LogP contribution in [0.25, 0.3) is 22.5 Å². The van der Waals surface area contributed by atoms with Crippen LogP contribution in [0.15, 0.2) is 48.5 Å². The number of hydrogen-bond donors (Lipinski definition) is 2. The third-order valence-corrected chi connectivity index (χ3v) is 5.03. The van der Waals surface area contributed by atoms with Gasteiger partial charge in [-0.15, -0.1) is 5.10 Å². The molecule has 1 saturated carbocycles. The average Bonchev–Trinajstić information content (AvgIpc) is 3.36. The second kappa shape index (κ2) is 8.22. The number of nitrogens with one attached hydrogen (secondary N) is 1. The van der Waals surface area contributed by atoms with Crippen molar-refractivity contribution in [2.24, 2.45) is 11.7 Å². The van der Waals surface area contributed by atoms with Gasteiger partial charge < -0.3 is 10.6 Å². The molecule has 1 aliphatic carbocycles. The van der Waals surface area contributed by atoms with Crippen molar-refractivity contribution in [3.8, 4) is 22.5 Å². The van der Waals surface area contributed by atoms with Crippen LogP contribution < -0.4 is 5.73 Å². The molecule has 3 aromatic rings. The first-order valence-corrected chi connectivity index (χ1v) is 9.58. The molecule has 29 heavy (non-hydrogen) atoms. The molecule has 2 aromatic carbocycles. The maximum Gasteiger partial charge on any atom is 0.237 e. The molecule has 4 rings (SSSR count). The maximum absolute atomic E-state index is 12.5. The molecule has 1 aliphatic rings. The summed E-state index contributed by atoms with van der Waals surface area (Å²) in [4.78, 5) is 25.4. The molecule has 1 aromatic heterocycles. The van der Waals surface area contributed by atoms with Crippen molar-refractivity contribution >= 4 is 11.8 Å². The van der Waals surface area contributed by atoms with Crippen LogP contribution in [0, 0.1) is 5.92 Å². The molecule has 0 radical (unpaired) electrons. The van der Waals surface area contributed by atoms with Crippen LogP contribution in [-0.4, -0.2) is 43.9 Å². The number of rotatable bonds is 8. The molecule has 0 saturated heterocycles. The summed E-state index contributed by atoms with van der Waals surface area (Å²) in [5.74, 6) is 0.546. The summed E-state index contributed by atoms with van der Waals surface area (Å²) in [6.45, 7) is 0.303. The first-order valence-electron chi connectivity index (χ1n) is 9.58. The third-order valence-electron chi connectivity index (χ3n) is 5.03. The van der Waals surface area contributed by atoms with Gasteiger partial charge in [-0.3, -0.25) is 9.59 Å². The number of benzene rings is 2. The van der Waals surface area contributed by atoms with E-state index in [2.05, 4.69) is 20.6 Å². The summed E-state index contributed by atoms with van der Waals surface area (Å²) in [5.41, 5.74) is 9.19. The van der Waals surface area contributed by atoms with E-state index in [1.807, 2.05) is 48.5 Å². The summed E-state index contributed by atoms with van der Waals surface area (Å²) in [6, 6.07) is 15.8. The molecule has 1 fully saturated rings. The minimum absolute atomic E-state index is 0.0152. The van der Waals surface area contributed by atoms with Gasteiger partial charge in [0, 0.05) is 18.5 Å². The minimum Gasteiger partial charge on any atom is -0.368 e. The Kier molecular flexibility index (Phi) is 5.33. The first kappa shape index (κ1) is 18.8. The van der Waals surface area contributed by atoms with Crippen molar-refractivity contribution in [3.63, 3.8) is 0 Å². The minimum atomic E-state index is -0.500. The monoisotopic (exact) mass is 390 g/mol. The van der Waals surface area contributed by atoms with Crippen LogP contribution in [0.1, 0.15) is 24.8 Å². The topological polar surface area (TPSA) is 118 Å². The lowest BCUT2D eigenvalue weighted by Gasteiger charge is -2.21. The average molecular weight is 390 g/mol. The number of aromatic nitrogens is 4. The number of nitrogens with zero attached hydrogens (tertiary/aromatic N) is 4. The van der Waals surface area contributed by atoms with Gasteiger partial charge in [-0.05, 0) is 45.9 Å². The quantitative estimate of drug-likeness (QED) is 0.611. The number of H-pyrrole nitrogens is 1. The van der Waals surface area contributed by atoms with Crippen LogP contribution >= 0.6 is 0 Å². The van der Waals surface area contributed by atoms with E-state index >= 15 is 0 Å². The number of nitrogens with two attached hydrogens (primary N) is 1. The molecule has 0 atom stereocenters. The van der Waals surface area contributed by atoms with Crippen molar-refractivity contribution in [1.29, 1.82) is 0 Å². The molecule has 148 valence electrons. The zero-order chi connectivity index (χ0) is 20.2. The third kappa shape index (κ3) is 4.66. The predicted molar refractivity (Wildman–Crippen MR) is 107 cm³/mol. The zero-order valence-electron chi connectivity index (χ0n) is 15.9. The van der Waals surface area contributed by atoms with Crippen LogP contribution in [0.3, 0.4) is 0 Å². The highest BCUT2D eigenvalue weighted by molar-refractivity contribution is 5.84. The van der Waals surface area contributed by atoms with Gasteiger partial charge in [0.15, 0.2) is 5.82 Å². The Morgan fingerprint density at radius 2 is 1.79 bits per heavy atom. The van der Waals surface area contributed by atoms with Crippen molar-refractivity contribution in [2.75, 3.05) is 6.54 Å².